The highest BCUT2D eigenvalue weighted by Crippen LogP contribution is 2.39. The van der Waals surface area contributed by atoms with Crippen molar-refractivity contribution in [1.29, 1.82) is 0 Å². The number of hydrogen-bond acceptors (Lipinski definition) is 5. The van der Waals surface area contributed by atoms with Crippen molar-refractivity contribution in [1.82, 2.24) is 19.7 Å². The molecule has 7 nitrogen and oxygen atoms in total. The normalized spacial score (nSPS) is 16.1. The molecule has 24 heavy (non-hydrogen) atoms. The number of rotatable bonds is 5. The second-order valence-corrected chi connectivity index (χ2v) is 5.96. The molecule has 2 aromatic heterocycles. The minimum absolute atomic E-state index is 0. The maximum absolute atomic E-state index is 12.8. The van der Waals surface area contributed by atoms with Gasteiger partial charge >= 0.3 is 0 Å². The third kappa shape index (κ3) is 3.21. The molecule has 1 amide bonds. The van der Waals surface area contributed by atoms with E-state index in [4.69, 9.17) is 0 Å². The van der Waals surface area contributed by atoms with E-state index in [1.54, 1.807) is 28.0 Å². The maximum Gasteiger partial charge on any atom is 0.234 e. The Bertz CT molecular complexity index is 712. The van der Waals surface area contributed by atoms with Gasteiger partial charge in [-0.2, -0.15) is 10.1 Å². The number of hydrogen-bond donors (Lipinski definition) is 1. The molecule has 3 rings (SSSR count). The van der Waals surface area contributed by atoms with Gasteiger partial charge in [0.1, 0.15) is 5.82 Å². The van der Waals surface area contributed by atoms with Gasteiger partial charge in [-0.25, -0.2) is 4.98 Å². The summed E-state index contributed by atoms with van der Waals surface area (Å²) in [6.45, 7) is 4.88. The number of aryl methyl sites for hydroxylation is 1. The lowest BCUT2D eigenvalue weighted by atomic mass is 9.81. The average molecular weight is 351 g/mol. The summed E-state index contributed by atoms with van der Waals surface area (Å²) in [5.74, 6) is 1.29. The molecule has 1 fully saturated rings. The number of anilines is 3. The molecule has 0 aromatic carbocycles. The summed E-state index contributed by atoms with van der Waals surface area (Å²) in [6, 6.07) is 1.79. The topological polar surface area (TPSA) is 75.9 Å². The van der Waals surface area contributed by atoms with Crippen LogP contribution < -0.4 is 10.2 Å². The molecular weight excluding hydrogens is 328 g/mol. The van der Waals surface area contributed by atoms with Gasteiger partial charge in [-0.05, 0) is 25.3 Å². The molecule has 0 aliphatic carbocycles. The second kappa shape index (κ2) is 7.17. The fraction of sp³-hybridized carbons (Fsp3) is 0.500. The Hall–Kier alpha value is -2.15. The van der Waals surface area contributed by atoms with Gasteiger partial charge in [0.25, 0.3) is 0 Å². The third-order valence-corrected chi connectivity index (χ3v) is 4.74. The van der Waals surface area contributed by atoms with E-state index in [-0.39, 0.29) is 23.7 Å². The highest BCUT2D eigenvalue weighted by Gasteiger charge is 2.44. The van der Waals surface area contributed by atoms with Crippen molar-refractivity contribution < 1.29 is 4.79 Å². The van der Waals surface area contributed by atoms with Crippen LogP contribution in [-0.4, -0.2) is 32.2 Å². The number of carbonyl (C=O) groups excluding carboxylic acids is 1. The third-order valence-electron chi connectivity index (χ3n) is 4.74. The predicted molar refractivity (Wildman–Crippen MR) is 95.8 cm³/mol. The average Bonchev–Trinajstić information content (AvgIpc) is 3.11. The Kier molecular flexibility index (Phi) is 5.43. The largest absolute Gasteiger partial charge is 0.321 e. The lowest BCUT2D eigenvalue weighted by Crippen LogP contribution is -2.34. The summed E-state index contributed by atoms with van der Waals surface area (Å²) in [6.07, 6.45) is 7.84. The van der Waals surface area contributed by atoms with E-state index in [1.165, 1.54) is 0 Å². The number of aromatic nitrogens is 4. The summed E-state index contributed by atoms with van der Waals surface area (Å²) < 4.78 is 1.70. The minimum Gasteiger partial charge on any atom is -0.321 e. The van der Waals surface area contributed by atoms with Gasteiger partial charge < -0.3 is 5.32 Å². The molecule has 0 radical (unpaired) electrons. The van der Waals surface area contributed by atoms with Crippen molar-refractivity contribution in [2.24, 2.45) is 12.5 Å². The van der Waals surface area contributed by atoms with Gasteiger partial charge in [0.2, 0.25) is 11.9 Å². The van der Waals surface area contributed by atoms with Crippen LogP contribution in [0.4, 0.5) is 17.5 Å². The Morgan fingerprint density at radius 2 is 2.08 bits per heavy atom. The molecule has 0 saturated carbocycles. The number of nitrogens with zero attached hydrogens (tertiary/aromatic N) is 5. The zero-order valence-electron chi connectivity index (χ0n) is 14.2. The summed E-state index contributed by atoms with van der Waals surface area (Å²) >= 11 is 0. The van der Waals surface area contributed by atoms with Crippen molar-refractivity contribution in [3.8, 4) is 0 Å². The van der Waals surface area contributed by atoms with Crippen molar-refractivity contribution in [2.75, 3.05) is 16.8 Å². The fourth-order valence-electron chi connectivity index (χ4n) is 3.12. The number of amides is 1. The molecule has 1 aliphatic rings. The summed E-state index contributed by atoms with van der Waals surface area (Å²) in [4.78, 5) is 23.3. The Morgan fingerprint density at radius 1 is 1.33 bits per heavy atom. The molecule has 0 unspecified atom stereocenters. The highest BCUT2D eigenvalue weighted by molar-refractivity contribution is 5.99. The Balaban J connectivity index is 0.00000208. The van der Waals surface area contributed by atoms with Crippen LogP contribution in [0.5, 0.6) is 0 Å². The standard InChI is InChI=1S/C16H22N6O.ClH/c1-4-16(5-2)7-9-22(14(16)23)13-6-8-17-15(20-13)19-12-10-18-21(3)11-12;/h6,8,10-11H,4-5,7,9H2,1-3H3,(H,17,19,20);1H. The van der Waals surface area contributed by atoms with E-state index in [0.717, 1.165) is 24.9 Å². The zero-order valence-corrected chi connectivity index (χ0v) is 15.0. The number of carbonyl (C=O) groups is 1. The Labute approximate surface area is 147 Å². The van der Waals surface area contributed by atoms with Crippen LogP contribution in [0.15, 0.2) is 24.7 Å². The molecule has 2 aromatic rings. The molecule has 8 heteroatoms. The molecule has 1 N–H and O–H groups in total. The zero-order chi connectivity index (χ0) is 16.4. The van der Waals surface area contributed by atoms with Crippen LogP contribution in [0.2, 0.25) is 0 Å². The van der Waals surface area contributed by atoms with E-state index < -0.39 is 0 Å². The van der Waals surface area contributed by atoms with Crippen LogP contribution in [0, 0.1) is 5.41 Å². The SMILES string of the molecule is CCC1(CC)CCN(c2ccnc(Nc3cnn(C)c3)n2)C1=O.Cl. The van der Waals surface area contributed by atoms with E-state index in [0.29, 0.717) is 18.3 Å². The van der Waals surface area contributed by atoms with Crippen LogP contribution >= 0.6 is 12.4 Å². The fourth-order valence-corrected chi connectivity index (χ4v) is 3.12. The van der Waals surface area contributed by atoms with Crippen molar-refractivity contribution in [2.45, 2.75) is 33.1 Å². The van der Waals surface area contributed by atoms with Gasteiger partial charge in [-0.3, -0.25) is 14.4 Å². The summed E-state index contributed by atoms with van der Waals surface area (Å²) in [5, 5.41) is 7.21. The van der Waals surface area contributed by atoms with Gasteiger partial charge in [-0.15, -0.1) is 12.4 Å². The first-order valence-corrected chi connectivity index (χ1v) is 7.98. The Morgan fingerprint density at radius 3 is 2.67 bits per heavy atom. The first-order chi connectivity index (χ1) is 11.1. The van der Waals surface area contributed by atoms with Gasteiger partial charge in [0.05, 0.1) is 17.3 Å². The first kappa shape index (κ1) is 18.2. The second-order valence-electron chi connectivity index (χ2n) is 5.96. The van der Waals surface area contributed by atoms with E-state index in [2.05, 4.69) is 34.2 Å². The van der Waals surface area contributed by atoms with Crippen molar-refractivity contribution >= 4 is 35.8 Å². The van der Waals surface area contributed by atoms with Crippen LogP contribution in [-0.2, 0) is 11.8 Å². The number of nitrogens with one attached hydrogen (secondary N) is 1. The molecule has 0 spiro atoms. The lowest BCUT2D eigenvalue weighted by molar-refractivity contribution is -0.125. The molecule has 3 heterocycles. The summed E-state index contributed by atoms with van der Waals surface area (Å²) in [5.41, 5.74) is 0.580. The molecule has 130 valence electrons. The molecule has 0 bridgehead atoms. The lowest BCUT2D eigenvalue weighted by Gasteiger charge is -2.24. The van der Waals surface area contributed by atoms with Gasteiger partial charge in [0, 0.05) is 26.0 Å². The van der Waals surface area contributed by atoms with Crippen LogP contribution in [0.3, 0.4) is 0 Å². The highest BCUT2D eigenvalue weighted by atomic mass is 35.5. The van der Waals surface area contributed by atoms with E-state index in [1.807, 2.05) is 13.2 Å². The monoisotopic (exact) mass is 350 g/mol. The molecular formula is C16H23ClN6O. The van der Waals surface area contributed by atoms with E-state index in [9.17, 15) is 4.79 Å². The van der Waals surface area contributed by atoms with Gasteiger partial charge in [-0.1, -0.05) is 13.8 Å². The summed E-state index contributed by atoms with van der Waals surface area (Å²) in [7, 11) is 1.85. The number of halogens is 1. The van der Waals surface area contributed by atoms with E-state index >= 15 is 0 Å². The van der Waals surface area contributed by atoms with Crippen LogP contribution in [0.25, 0.3) is 0 Å². The quantitative estimate of drug-likeness (QED) is 0.897. The molecule has 1 saturated heterocycles. The molecule has 1 aliphatic heterocycles. The smallest absolute Gasteiger partial charge is 0.234 e. The maximum atomic E-state index is 12.8. The molecule has 0 atom stereocenters. The first-order valence-electron chi connectivity index (χ1n) is 7.98. The van der Waals surface area contributed by atoms with Crippen LogP contribution in [0.1, 0.15) is 33.1 Å². The predicted octanol–water partition coefficient (Wildman–Crippen LogP) is 2.92. The van der Waals surface area contributed by atoms with Gasteiger partial charge in [0.15, 0.2) is 0 Å². The van der Waals surface area contributed by atoms with Crippen molar-refractivity contribution in [3.05, 3.63) is 24.7 Å². The van der Waals surface area contributed by atoms with Crippen molar-refractivity contribution in [3.63, 3.8) is 0 Å². The minimum atomic E-state index is -0.234.